The molecule has 174 valence electrons. The lowest BCUT2D eigenvalue weighted by Gasteiger charge is -2.10. The van der Waals surface area contributed by atoms with Crippen molar-refractivity contribution in [1.29, 1.82) is 0 Å². The summed E-state index contributed by atoms with van der Waals surface area (Å²) in [6, 6.07) is 20.2. The number of benzene rings is 2. The number of rotatable bonds is 10. The molecule has 2 aromatic carbocycles. The second-order valence-electron chi connectivity index (χ2n) is 7.41. The zero-order valence-corrected chi connectivity index (χ0v) is 19.5. The summed E-state index contributed by atoms with van der Waals surface area (Å²) in [6.07, 6.45) is 2.35. The maximum atomic E-state index is 12.6. The van der Waals surface area contributed by atoms with Crippen LogP contribution in [0.5, 0.6) is 0 Å². The van der Waals surface area contributed by atoms with Gasteiger partial charge in [-0.1, -0.05) is 49.0 Å². The number of thioether (sulfide) groups is 1. The molecule has 1 amide bonds. The largest absolute Gasteiger partial charge is 0.462 e. The summed E-state index contributed by atoms with van der Waals surface area (Å²) < 4.78 is 12.6. The van der Waals surface area contributed by atoms with Crippen LogP contribution >= 0.6 is 11.8 Å². The van der Waals surface area contributed by atoms with Gasteiger partial charge in [0.05, 0.1) is 30.7 Å². The van der Waals surface area contributed by atoms with Gasteiger partial charge in [0.25, 0.3) is 0 Å². The minimum absolute atomic E-state index is 0.144. The van der Waals surface area contributed by atoms with Crippen molar-refractivity contribution >= 4 is 29.3 Å². The van der Waals surface area contributed by atoms with Crippen molar-refractivity contribution in [1.82, 2.24) is 14.8 Å². The van der Waals surface area contributed by atoms with Gasteiger partial charge in [0.2, 0.25) is 11.7 Å². The van der Waals surface area contributed by atoms with E-state index in [1.165, 1.54) is 11.8 Å². The molecule has 0 fully saturated rings. The third-order valence-corrected chi connectivity index (χ3v) is 5.78. The Morgan fingerprint density at radius 3 is 2.53 bits per heavy atom. The van der Waals surface area contributed by atoms with E-state index in [9.17, 15) is 9.59 Å². The molecule has 1 N–H and O–H groups in total. The van der Waals surface area contributed by atoms with Gasteiger partial charge in [0.15, 0.2) is 10.9 Å². The Morgan fingerprint density at radius 2 is 1.82 bits per heavy atom. The van der Waals surface area contributed by atoms with Crippen LogP contribution in [0.4, 0.5) is 5.69 Å². The Bertz CT molecular complexity index is 1220. The van der Waals surface area contributed by atoms with Crippen molar-refractivity contribution in [2.75, 3.05) is 17.7 Å². The predicted molar refractivity (Wildman–Crippen MR) is 130 cm³/mol. The summed E-state index contributed by atoms with van der Waals surface area (Å²) in [4.78, 5) is 24.5. The molecule has 0 spiro atoms. The fraction of sp³-hybridized carbons (Fsp3) is 0.200. The molecular weight excluding hydrogens is 452 g/mol. The normalized spacial score (nSPS) is 10.7. The van der Waals surface area contributed by atoms with Gasteiger partial charge in [0, 0.05) is 5.69 Å². The second kappa shape index (κ2) is 11.3. The number of carbonyl (C=O) groups excluding carboxylic acids is 2. The molecule has 4 aromatic rings. The van der Waals surface area contributed by atoms with E-state index in [-0.39, 0.29) is 17.6 Å². The fourth-order valence-corrected chi connectivity index (χ4v) is 3.92. The molecule has 0 aliphatic heterocycles. The molecule has 0 radical (unpaired) electrons. The van der Waals surface area contributed by atoms with Crippen molar-refractivity contribution in [2.24, 2.45) is 0 Å². The first-order chi connectivity index (χ1) is 16.6. The molecular formula is C25H24N4O4S. The summed E-state index contributed by atoms with van der Waals surface area (Å²) >= 11 is 1.29. The number of hydrogen-bond donors (Lipinski definition) is 1. The molecule has 0 saturated heterocycles. The summed E-state index contributed by atoms with van der Waals surface area (Å²) in [5, 5.41) is 12.0. The minimum Gasteiger partial charge on any atom is -0.462 e. The van der Waals surface area contributed by atoms with E-state index in [4.69, 9.17) is 9.15 Å². The molecule has 0 unspecified atom stereocenters. The number of ether oxygens (including phenoxy) is 1. The monoisotopic (exact) mass is 476 g/mol. The molecule has 4 rings (SSSR count). The van der Waals surface area contributed by atoms with Crippen LogP contribution in [0.15, 0.2) is 82.6 Å². The van der Waals surface area contributed by atoms with Crippen LogP contribution in [0.25, 0.3) is 11.6 Å². The van der Waals surface area contributed by atoms with Crippen LogP contribution in [0, 0.1) is 0 Å². The SMILES string of the molecule is CCCOC(=O)c1ccc(NC(=O)CSc2nnc(-c3ccco3)n2Cc2ccccc2)cc1. The van der Waals surface area contributed by atoms with E-state index in [0.717, 1.165) is 12.0 Å². The van der Waals surface area contributed by atoms with Crippen LogP contribution in [0.3, 0.4) is 0 Å². The maximum absolute atomic E-state index is 12.6. The molecule has 0 aliphatic rings. The average Bonchev–Trinajstić information content (AvgIpc) is 3.52. The highest BCUT2D eigenvalue weighted by Crippen LogP contribution is 2.25. The van der Waals surface area contributed by atoms with E-state index in [0.29, 0.717) is 41.1 Å². The maximum Gasteiger partial charge on any atom is 0.338 e. The van der Waals surface area contributed by atoms with E-state index in [1.807, 2.05) is 47.9 Å². The number of carbonyl (C=O) groups is 2. The van der Waals surface area contributed by atoms with Crippen LogP contribution in [0.2, 0.25) is 0 Å². The zero-order chi connectivity index (χ0) is 23.8. The Balaban J connectivity index is 1.41. The number of esters is 1. The predicted octanol–water partition coefficient (Wildman–Crippen LogP) is 4.88. The Kier molecular flexibility index (Phi) is 7.77. The van der Waals surface area contributed by atoms with Gasteiger partial charge in [-0.05, 0) is 48.4 Å². The van der Waals surface area contributed by atoms with Gasteiger partial charge in [-0.25, -0.2) is 4.79 Å². The highest BCUT2D eigenvalue weighted by atomic mass is 32.2. The van der Waals surface area contributed by atoms with Crippen LogP contribution in [0.1, 0.15) is 29.3 Å². The topological polar surface area (TPSA) is 99.2 Å². The number of hydrogen-bond acceptors (Lipinski definition) is 7. The van der Waals surface area contributed by atoms with E-state index in [2.05, 4.69) is 15.5 Å². The standard InChI is InChI=1S/C25H24N4O4S/c1-2-14-33-24(31)19-10-12-20(13-11-19)26-22(30)17-34-25-28-27-23(21-9-6-15-32-21)29(25)16-18-7-4-3-5-8-18/h3-13,15H,2,14,16-17H2,1H3,(H,26,30). The second-order valence-corrected chi connectivity index (χ2v) is 8.35. The lowest BCUT2D eigenvalue weighted by molar-refractivity contribution is -0.113. The minimum atomic E-state index is -0.375. The van der Waals surface area contributed by atoms with Gasteiger partial charge >= 0.3 is 5.97 Å². The number of anilines is 1. The molecule has 0 bridgehead atoms. The summed E-state index contributed by atoms with van der Waals surface area (Å²) in [5.74, 6) is 0.783. The summed E-state index contributed by atoms with van der Waals surface area (Å²) in [5.41, 5.74) is 2.12. The third kappa shape index (κ3) is 5.93. The number of aromatic nitrogens is 3. The van der Waals surface area contributed by atoms with Gasteiger partial charge in [0.1, 0.15) is 0 Å². The Labute approximate surface area is 201 Å². The quantitative estimate of drug-likeness (QED) is 0.257. The molecule has 0 saturated carbocycles. The molecule has 2 aromatic heterocycles. The van der Waals surface area contributed by atoms with Crippen molar-refractivity contribution in [3.8, 4) is 11.6 Å². The molecule has 2 heterocycles. The van der Waals surface area contributed by atoms with Crippen molar-refractivity contribution in [2.45, 2.75) is 25.0 Å². The van der Waals surface area contributed by atoms with Gasteiger partial charge < -0.3 is 14.5 Å². The number of nitrogens with one attached hydrogen (secondary N) is 1. The van der Waals surface area contributed by atoms with Crippen molar-refractivity contribution in [3.63, 3.8) is 0 Å². The zero-order valence-electron chi connectivity index (χ0n) is 18.6. The fourth-order valence-electron chi connectivity index (χ4n) is 3.19. The highest BCUT2D eigenvalue weighted by Gasteiger charge is 2.18. The first-order valence-electron chi connectivity index (χ1n) is 10.8. The number of nitrogens with zero attached hydrogens (tertiary/aromatic N) is 3. The number of amides is 1. The number of furan rings is 1. The van der Waals surface area contributed by atoms with Crippen molar-refractivity contribution in [3.05, 3.63) is 84.1 Å². The average molecular weight is 477 g/mol. The molecule has 0 aliphatic carbocycles. The lowest BCUT2D eigenvalue weighted by atomic mass is 10.2. The smallest absolute Gasteiger partial charge is 0.338 e. The van der Waals surface area contributed by atoms with Crippen LogP contribution < -0.4 is 5.32 Å². The van der Waals surface area contributed by atoms with Crippen LogP contribution in [-0.2, 0) is 16.1 Å². The molecule has 9 heteroatoms. The Hall–Kier alpha value is -3.85. The Morgan fingerprint density at radius 1 is 1.03 bits per heavy atom. The van der Waals surface area contributed by atoms with E-state index < -0.39 is 0 Å². The van der Waals surface area contributed by atoms with E-state index in [1.54, 1.807) is 36.6 Å². The molecule has 8 nitrogen and oxygen atoms in total. The summed E-state index contributed by atoms with van der Waals surface area (Å²) in [6.45, 7) is 2.86. The van der Waals surface area contributed by atoms with Gasteiger partial charge in [-0.15, -0.1) is 10.2 Å². The molecule has 34 heavy (non-hydrogen) atoms. The summed E-state index contributed by atoms with van der Waals surface area (Å²) in [7, 11) is 0. The van der Waals surface area contributed by atoms with Crippen molar-refractivity contribution < 1.29 is 18.7 Å². The van der Waals surface area contributed by atoms with E-state index >= 15 is 0 Å². The van der Waals surface area contributed by atoms with Gasteiger partial charge in [-0.3, -0.25) is 9.36 Å². The van der Waals surface area contributed by atoms with Crippen LogP contribution in [-0.4, -0.2) is 39.0 Å². The van der Waals surface area contributed by atoms with Gasteiger partial charge in [-0.2, -0.15) is 0 Å². The highest BCUT2D eigenvalue weighted by molar-refractivity contribution is 7.99. The first-order valence-corrected chi connectivity index (χ1v) is 11.8. The third-order valence-electron chi connectivity index (χ3n) is 4.82. The molecule has 0 atom stereocenters. The first kappa shape index (κ1) is 23.3. The lowest BCUT2D eigenvalue weighted by Crippen LogP contribution is -2.15.